The average Bonchev–Trinajstić information content (AvgIpc) is 2.41. The minimum Gasteiger partial charge on any atom is -0.504 e. The summed E-state index contributed by atoms with van der Waals surface area (Å²) in [6.45, 7) is 0. The molecule has 96 valence electrons. The number of anilines is 1. The first-order valence-electron chi connectivity index (χ1n) is 5.26. The summed E-state index contributed by atoms with van der Waals surface area (Å²) in [6.07, 6.45) is 2.59. The number of amides is 1. The highest BCUT2D eigenvalue weighted by molar-refractivity contribution is 6.05. The van der Waals surface area contributed by atoms with Crippen LogP contribution in [0.3, 0.4) is 0 Å². The van der Waals surface area contributed by atoms with E-state index in [-0.39, 0.29) is 22.7 Å². The van der Waals surface area contributed by atoms with Crippen LogP contribution in [0.5, 0.6) is 5.75 Å². The smallest absolute Gasteiger partial charge is 0.270 e. The van der Waals surface area contributed by atoms with E-state index in [1.54, 1.807) is 0 Å². The van der Waals surface area contributed by atoms with Crippen LogP contribution in [0.1, 0.15) is 10.4 Å². The largest absolute Gasteiger partial charge is 0.504 e. The number of nitrogens with one attached hydrogen (secondary N) is 1. The molecule has 1 aromatic heterocycles. The molecular formula is C12H9N3O4. The van der Waals surface area contributed by atoms with Gasteiger partial charge in [0.25, 0.3) is 11.6 Å². The number of rotatable bonds is 3. The normalized spacial score (nSPS) is 9.89. The van der Waals surface area contributed by atoms with Crippen molar-refractivity contribution in [3.05, 3.63) is 58.4 Å². The monoisotopic (exact) mass is 259 g/mol. The lowest BCUT2D eigenvalue weighted by atomic mass is 10.2. The summed E-state index contributed by atoms with van der Waals surface area (Å²) in [4.78, 5) is 25.6. The molecule has 0 unspecified atom stereocenters. The number of aromatic nitrogens is 1. The highest BCUT2D eigenvalue weighted by Crippen LogP contribution is 2.21. The third-order valence-corrected chi connectivity index (χ3v) is 2.37. The molecule has 0 bridgehead atoms. The fourth-order valence-electron chi connectivity index (χ4n) is 1.45. The highest BCUT2D eigenvalue weighted by atomic mass is 16.6. The molecule has 1 amide bonds. The average molecular weight is 259 g/mol. The second-order valence-electron chi connectivity index (χ2n) is 3.65. The van der Waals surface area contributed by atoms with Crippen LogP contribution >= 0.6 is 0 Å². The fraction of sp³-hybridized carbons (Fsp3) is 0. The topological polar surface area (TPSA) is 105 Å². The van der Waals surface area contributed by atoms with E-state index >= 15 is 0 Å². The molecule has 7 heteroatoms. The van der Waals surface area contributed by atoms with Gasteiger partial charge in [0, 0.05) is 23.9 Å². The molecule has 7 nitrogen and oxygen atoms in total. The van der Waals surface area contributed by atoms with Crippen LogP contribution in [0.2, 0.25) is 0 Å². The van der Waals surface area contributed by atoms with Gasteiger partial charge in [-0.15, -0.1) is 0 Å². The van der Waals surface area contributed by atoms with Gasteiger partial charge in [0.15, 0.2) is 5.75 Å². The van der Waals surface area contributed by atoms with Gasteiger partial charge in [0.05, 0.1) is 16.8 Å². The van der Waals surface area contributed by atoms with Gasteiger partial charge in [-0.3, -0.25) is 19.9 Å². The maximum Gasteiger partial charge on any atom is 0.270 e. The van der Waals surface area contributed by atoms with Crippen molar-refractivity contribution in [2.75, 3.05) is 5.32 Å². The van der Waals surface area contributed by atoms with Crippen molar-refractivity contribution >= 4 is 17.3 Å². The molecular weight excluding hydrogens is 250 g/mol. The molecule has 0 spiro atoms. The molecule has 0 aliphatic carbocycles. The van der Waals surface area contributed by atoms with E-state index in [0.717, 1.165) is 6.07 Å². The lowest BCUT2D eigenvalue weighted by Gasteiger charge is -2.06. The van der Waals surface area contributed by atoms with Crippen molar-refractivity contribution in [1.82, 2.24) is 4.98 Å². The number of carbonyl (C=O) groups excluding carboxylic acids is 1. The Labute approximate surface area is 107 Å². The van der Waals surface area contributed by atoms with Crippen LogP contribution in [-0.4, -0.2) is 20.9 Å². The van der Waals surface area contributed by atoms with Crippen LogP contribution in [-0.2, 0) is 0 Å². The highest BCUT2D eigenvalue weighted by Gasteiger charge is 2.12. The van der Waals surface area contributed by atoms with Gasteiger partial charge in [-0.1, -0.05) is 6.07 Å². The van der Waals surface area contributed by atoms with Gasteiger partial charge in [-0.25, -0.2) is 0 Å². The minimum absolute atomic E-state index is 0.130. The fourth-order valence-corrected chi connectivity index (χ4v) is 1.45. The van der Waals surface area contributed by atoms with E-state index in [1.807, 2.05) is 0 Å². The van der Waals surface area contributed by atoms with E-state index in [0.29, 0.717) is 0 Å². The Kier molecular flexibility index (Phi) is 3.37. The molecule has 0 saturated carbocycles. The first kappa shape index (κ1) is 12.5. The van der Waals surface area contributed by atoms with Gasteiger partial charge in [-0.05, 0) is 12.1 Å². The molecule has 1 heterocycles. The van der Waals surface area contributed by atoms with Crippen molar-refractivity contribution in [1.29, 1.82) is 0 Å². The molecule has 19 heavy (non-hydrogen) atoms. The Morgan fingerprint density at radius 3 is 2.84 bits per heavy atom. The van der Waals surface area contributed by atoms with E-state index in [4.69, 9.17) is 0 Å². The lowest BCUT2D eigenvalue weighted by Crippen LogP contribution is -2.12. The standard InChI is InChI=1S/C12H9N3O4/c16-11-7-13-5-4-10(11)14-12(17)8-2-1-3-9(6-8)15(18)19/h1-7,16H,(H,13,14,17). The van der Waals surface area contributed by atoms with E-state index in [2.05, 4.69) is 10.3 Å². The Hall–Kier alpha value is -2.96. The zero-order valence-corrected chi connectivity index (χ0v) is 9.61. The first-order chi connectivity index (χ1) is 9.08. The molecule has 0 radical (unpaired) electrons. The number of nitrogens with zero attached hydrogens (tertiary/aromatic N) is 2. The van der Waals surface area contributed by atoms with E-state index in [9.17, 15) is 20.0 Å². The van der Waals surface area contributed by atoms with Crippen LogP contribution < -0.4 is 5.32 Å². The summed E-state index contributed by atoms with van der Waals surface area (Å²) in [7, 11) is 0. The number of aromatic hydroxyl groups is 1. The molecule has 0 fully saturated rings. The number of hydrogen-bond acceptors (Lipinski definition) is 5. The second-order valence-corrected chi connectivity index (χ2v) is 3.65. The molecule has 0 aliphatic rings. The van der Waals surface area contributed by atoms with Gasteiger partial charge >= 0.3 is 0 Å². The third kappa shape index (κ3) is 2.83. The van der Waals surface area contributed by atoms with Crippen molar-refractivity contribution in [2.45, 2.75) is 0 Å². The molecule has 2 N–H and O–H groups in total. The molecule has 2 rings (SSSR count). The van der Waals surface area contributed by atoms with Crippen molar-refractivity contribution in [2.24, 2.45) is 0 Å². The minimum atomic E-state index is -0.583. The zero-order valence-electron chi connectivity index (χ0n) is 9.61. The number of nitro groups is 1. The number of nitro benzene ring substituents is 1. The van der Waals surface area contributed by atoms with Crippen LogP contribution in [0.25, 0.3) is 0 Å². The SMILES string of the molecule is O=C(Nc1ccncc1O)c1cccc([N+](=O)[O-])c1. The van der Waals surface area contributed by atoms with Gasteiger partial charge < -0.3 is 10.4 Å². The van der Waals surface area contributed by atoms with Crippen LogP contribution in [0, 0.1) is 10.1 Å². The zero-order chi connectivity index (χ0) is 13.8. The Morgan fingerprint density at radius 1 is 1.37 bits per heavy atom. The van der Waals surface area contributed by atoms with Crippen LogP contribution in [0.15, 0.2) is 42.7 Å². The molecule has 0 atom stereocenters. The van der Waals surface area contributed by atoms with Crippen molar-refractivity contribution in [3.8, 4) is 5.75 Å². The predicted molar refractivity (Wildman–Crippen MR) is 67.0 cm³/mol. The Balaban J connectivity index is 2.23. The molecule has 2 aromatic rings. The lowest BCUT2D eigenvalue weighted by molar-refractivity contribution is -0.384. The third-order valence-electron chi connectivity index (χ3n) is 2.37. The summed E-state index contributed by atoms with van der Waals surface area (Å²) >= 11 is 0. The quantitative estimate of drug-likeness (QED) is 0.647. The first-order valence-corrected chi connectivity index (χ1v) is 5.26. The maximum atomic E-state index is 11.9. The number of non-ortho nitro benzene ring substituents is 1. The van der Waals surface area contributed by atoms with Gasteiger partial charge in [0.1, 0.15) is 0 Å². The number of pyridine rings is 1. The van der Waals surface area contributed by atoms with E-state index < -0.39 is 10.8 Å². The molecule has 0 aliphatic heterocycles. The Morgan fingerprint density at radius 2 is 2.16 bits per heavy atom. The van der Waals surface area contributed by atoms with Gasteiger partial charge in [0.2, 0.25) is 0 Å². The number of carbonyl (C=O) groups is 1. The van der Waals surface area contributed by atoms with Crippen LogP contribution in [0.4, 0.5) is 11.4 Å². The molecule has 1 aromatic carbocycles. The summed E-state index contributed by atoms with van der Waals surface area (Å²) in [6, 6.07) is 6.73. The Bertz CT molecular complexity index is 642. The number of hydrogen-bond donors (Lipinski definition) is 2. The van der Waals surface area contributed by atoms with E-state index in [1.165, 1.54) is 36.7 Å². The number of benzene rings is 1. The van der Waals surface area contributed by atoms with Crippen molar-refractivity contribution < 1.29 is 14.8 Å². The second kappa shape index (κ2) is 5.13. The molecule has 0 saturated heterocycles. The predicted octanol–water partition coefficient (Wildman–Crippen LogP) is 1.95. The van der Waals surface area contributed by atoms with Gasteiger partial charge in [-0.2, -0.15) is 0 Å². The summed E-state index contributed by atoms with van der Waals surface area (Å²) in [5, 5.41) is 22.5. The summed E-state index contributed by atoms with van der Waals surface area (Å²) in [5.41, 5.74) is 0.142. The summed E-state index contributed by atoms with van der Waals surface area (Å²) < 4.78 is 0. The maximum absolute atomic E-state index is 11.9. The summed E-state index contributed by atoms with van der Waals surface area (Å²) in [5.74, 6) is -0.730. The van der Waals surface area contributed by atoms with Crippen molar-refractivity contribution in [3.63, 3.8) is 0 Å².